The molecule has 3 rings (SSSR count). The molecule has 0 spiro atoms. The van der Waals surface area contributed by atoms with Crippen molar-refractivity contribution in [1.29, 1.82) is 0 Å². The number of benzene rings is 1. The molecule has 1 amide bonds. The van der Waals surface area contributed by atoms with E-state index in [0.717, 1.165) is 49.5 Å². The molecule has 2 fully saturated rings. The second kappa shape index (κ2) is 10.9. The van der Waals surface area contributed by atoms with Gasteiger partial charge in [-0.05, 0) is 75.2 Å². The number of anilines is 1. The molecular weight excluding hydrogens is 364 g/mol. The van der Waals surface area contributed by atoms with E-state index >= 15 is 0 Å². The first-order chi connectivity index (χ1) is 12.6. The molecule has 0 radical (unpaired) electrons. The van der Waals surface area contributed by atoms with Crippen LogP contribution in [-0.2, 0) is 9.53 Å². The second-order valence-electron chi connectivity index (χ2n) is 7.78. The topological polar surface area (TPSA) is 59.6 Å². The van der Waals surface area contributed by atoms with E-state index < -0.39 is 0 Å². The lowest BCUT2D eigenvalue weighted by Crippen LogP contribution is -2.34. The SMILES string of the molecule is Cc1ccc(NC(=O)CC(C)C2CCCNC2)c(OCC2CCCO2)c1.Cl. The number of carbonyl (C=O) groups is 1. The van der Waals surface area contributed by atoms with Gasteiger partial charge in [-0.2, -0.15) is 0 Å². The number of nitrogens with one attached hydrogen (secondary N) is 2. The number of aryl methyl sites for hydroxylation is 1. The molecule has 2 saturated heterocycles. The van der Waals surface area contributed by atoms with E-state index in [1.54, 1.807) is 0 Å². The van der Waals surface area contributed by atoms with Gasteiger partial charge in [0.15, 0.2) is 0 Å². The van der Waals surface area contributed by atoms with E-state index in [2.05, 4.69) is 17.6 Å². The third-order valence-electron chi connectivity index (χ3n) is 5.51. The van der Waals surface area contributed by atoms with Crippen LogP contribution in [-0.4, -0.2) is 38.3 Å². The van der Waals surface area contributed by atoms with Gasteiger partial charge >= 0.3 is 0 Å². The van der Waals surface area contributed by atoms with Crippen molar-refractivity contribution in [2.24, 2.45) is 11.8 Å². The molecule has 0 aliphatic carbocycles. The van der Waals surface area contributed by atoms with Crippen LogP contribution >= 0.6 is 12.4 Å². The number of halogens is 1. The van der Waals surface area contributed by atoms with Crippen molar-refractivity contribution in [3.8, 4) is 5.75 Å². The van der Waals surface area contributed by atoms with Crippen LogP contribution in [0.1, 0.15) is 44.6 Å². The van der Waals surface area contributed by atoms with E-state index in [-0.39, 0.29) is 24.4 Å². The van der Waals surface area contributed by atoms with Crippen LogP contribution in [0.5, 0.6) is 5.75 Å². The zero-order valence-electron chi connectivity index (χ0n) is 16.5. The molecule has 1 aromatic rings. The highest BCUT2D eigenvalue weighted by Gasteiger charge is 2.23. The molecular formula is C21H33ClN2O3. The highest BCUT2D eigenvalue weighted by molar-refractivity contribution is 5.92. The van der Waals surface area contributed by atoms with Crippen molar-refractivity contribution in [3.05, 3.63) is 23.8 Å². The molecule has 0 bridgehead atoms. The average Bonchev–Trinajstić information content (AvgIpc) is 3.16. The molecule has 3 atom stereocenters. The summed E-state index contributed by atoms with van der Waals surface area (Å²) in [4.78, 5) is 12.6. The summed E-state index contributed by atoms with van der Waals surface area (Å²) in [7, 11) is 0. The van der Waals surface area contributed by atoms with Gasteiger partial charge in [0.25, 0.3) is 0 Å². The summed E-state index contributed by atoms with van der Waals surface area (Å²) >= 11 is 0. The maximum absolute atomic E-state index is 12.6. The van der Waals surface area contributed by atoms with Gasteiger partial charge in [-0.1, -0.05) is 13.0 Å². The standard InChI is InChI=1S/C21H32N2O3.ClH/c1-15-7-8-19(20(11-15)26-14-18-6-4-10-25-18)23-21(24)12-16(2)17-5-3-9-22-13-17;/h7-8,11,16-18,22H,3-6,9-10,12-14H2,1-2H3,(H,23,24);1H. The van der Waals surface area contributed by atoms with E-state index in [1.165, 1.54) is 12.8 Å². The largest absolute Gasteiger partial charge is 0.489 e. The van der Waals surface area contributed by atoms with Crippen LogP contribution in [0.3, 0.4) is 0 Å². The predicted molar refractivity (Wildman–Crippen MR) is 111 cm³/mol. The summed E-state index contributed by atoms with van der Waals surface area (Å²) in [6, 6.07) is 5.92. The van der Waals surface area contributed by atoms with Crippen LogP contribution in [0, 0.1) is 18.8 Å². The monoisotopic (exact) mass is 396 g/mol. The lowest BCUT2D eigenvalue weighted by Gasteiger charge is -2.28. The Morgan fingerprint density at radius 2 is 2.22 bits per heavy atom. The maximum atomic E-state index is 12.6. The quantitative estimate of drug-likeness (QED) is 0.732. The summed E-state index contributed by atoms with van der Waals surface area (Å²) in [5, 5.41) is 6.49. The first kappa shape index (κ1) is 22.0. The number of piperidine rings is 1. The molecule has 0 aromatic heterocycles. The minimum absolute atomic E-state index is 0. The van der Waals surface area contributed by atoms with Gasteiger partial charge in [0, 0.05) is 13.0 Å². The zero-order valence-corrected chi connectivity index (χ0v) is 17.3. The van der Waals surface area contributed by atoms with Crippen molar-refractivity contribution in [3.63, 3.8) is 0 Å². The minimum atomic E-state index is 0. The Hall–Kier alpha value is -1.30. The highest BCUT2D eigenvalue weighted by atomic mass is 35.5. The smallest absolute Gasteiger partial charge is 0.224 e. The minimum Gasteiger partial charge on any atom is -0.489 e. The van der Waals surface area contributed by atoms with Crippen LogP contribution in [0.2, 0.25) is 0 Å². The average molecular weight is 397 g/mol. The number of hydrogen-bond acceptors (Lipinski definition) is 4. The Kier molecular flexibility index (Phi) is 8.87. The van der Waals surface area contributed by atoms with Gasteiger partial charge in [-0.15, -0.1) is 12.4 Å². The molecule has 3 unspecified atom stereocenters. The van der Waals surface area contributed by atoms with Crippen molar-refractivity contribution < 1.29 is 14.3 Å². The van der Waals surface area contributed by atoms with E-state index in [0.29, 0.717) is 24.9 Å². The fourth-order valence-electron chi connectivity index (χ4n) is 3.84. The van der Waals surface area contributed by atoms with Crippen LogP contribution in [0.15, 0.2) is 18.2 Å². The van der Waals surface area contributed by atoms with Crippen LogP contribution < -0.4 is 15.4 Å². The van der Waals surface area contributed by atoms with Gasteiger partial charge in [-0.3, -0.25) is 4.79 Å². The molecule has 5 nitrogen and oxygen atoms in total. The third-order valence-corrected chi connectivity index (χ3v) is 5.51. The van der Waals surface area contributed by atoms with E-state index in [9.17, 15) is 4.79 Å². The van der Waals surface area contributed by atoms with Gasteiger partial charge in [-0.25, -0.2) is 0 Å². The lowest BCUT2D eigenvalue weighted by molar-refractivity contribution is -0.117. The molecule has 0 saturated carbocycles. The maximum Gasteiger partial charge on any atom is 0.224 e. The molecule has 2 heterocycles. The molecule has 27 heavy (non-hydrogen) atoms. The van der Waals surface area contributed by atoms with E-state index in [4.69, 9.17) is 9.47 Å². The Labute approximate surface area is 169 Å². The Bertz CT molecular complexity index is 599. The summed E-state index contributed by atoms with van der Waals surface area (Å²) in [5.74, 6) is 1.77. The first-order valence-electron chi connectivity index (χ1n) is 9.97. The number of hydrogen-bond donors (Lipinski definition) is 2. The number of ether oxygens (including phenoxy) is 2. The Morgan fingerprint density at radius 3 is 2.93 bits per heavy atom. The van der Waals surface area contributed by atoms with Crippen LogP contribution in [0.4, 0.5) is 5.69 Å². The van der Waals surface area contributed by atoms with Crippen LogP contribution in [0.25, 0.3) is 0 Å². The second-order valence-corrected chi connectivity index (χ2v) is 7.78. The molecule has 152 valence electrons. The third kappa shape index (κ3) is 6.66. The van der Waals surface area contributed by atoms with Gasteiger partial charge in [0.1, 0.15) is 12.4 Å². The zero-order chi connectivity index (χ0) is 18.4. The highest BCUT2D eigenvalue weighted by Crippen LogP contribution is 2.28. The molecule has 2 aliphatic heterocycles. The lowest BCUT2D eigenvalue weighted by atomic mass is 9.85. The summed E-state index contributed by atoms with van der Waals surface area (Å²) in [6.07, 6.45) is 5.26. The van der Waals surface area contributed by atoms with Gasteiger partial charge < -0.3 is 20.1 Å². The van der Waals surface area contributed by atoms with Gasteiger partial charge in [0.2, 0.25) is 5.91 Å². The fourth-order valence-corrected chi connectivity index (χ4v) is 3.84. The number of amides is 1. The van der Waals surface area contributed by atoms with Crippen molar-refractivity contribution in [1.82, 2.24) is 5.32 Å². The fraction of sp³-hybridized carbons (Fsp3) is 0.667. The summed E-state index contributed by atoms with van der Waals surface area (Å²) in [6.45, 7) is 7.69. The van der Waals surface area contributed by atoms with Crippen molar-refractivity contribution in [2.75, 3.05) is 31.6 Å². The molecule has 6 heteroatoms. The Balaban J connectivity index is 0.00000261. The van der Waals surface area contributed by atoms with Crippen molar-refractivity contribution >= 4 is 24.0 Å². The molecule has 1 aromatic carbocycles. The van der Waals surface area contributed by atoms with E-state index in [1.807, 2.05) is 25.1 Å². The normalized spacial score (nSPS) is 23.3. The summed E-state index contributed by atoms with van der Waals surface area (Å²) < 4.78 is 11.6. The predicted octanol–water partition coefficient (Wildman–Crippen LogP) is 3.94. The first-order valence-corrected chi connectivity index (χ1v) is 9.97. The van der Waals surface area contributed by atoms with Gasteiger partial charge in [0.05, 0.1) is 11.8 Å². The molecule has 2 aliphatic rings. The summed E-state index contributed by atoms with van der Waals surface area (Å²) in [5.41, 5.74) is 1.87. The Morgan fingerprint density at radius 1 is 1.37 bits per heavy atom. The number of carbonyl (C=O) groups excluding carboxylic acids is 1. The molecule has 2 N–H and O–H groups in total. The van der Waals surface area contributed by atoms with Crippen molar-refractivity contribution in [2.45, 2.75) is 52.1 Å². The number of rotatable bonds is 7.